The molecule has 3 N–H and O–H groups in total. The minimum Gasteiger partial charge on any atom is -0.470 e. The van der Waals surface area contributed by atoms with Crippen molar-refractivity contribution in [1.29, 1.82) is 0 Å². The molecule has 6 heteroatoms. The molecule has 3 aromatic rings. The number of aliphatic hydroxyl groups is 1. The number of hydrogen-bond donors (Lipinski definition) is 1. The van der Waals surface area contributed by atoms with Crippen molar-refractivity contribution in [3.05, 3.63) is 88.9 Å². The number of rotatable bonds is 6. The monoisotopic (exact) mass is 414 g/mol. The lowest BCUT2D eigenvalue weighted by atomic mass is 9.98. The lowest BCUT2D eigenvalue weighted by Crippen LogP contribution is -2.26. The summed E-state index contributed by atoms with van der Waals surface area (Å²) in [6.45, 7) is 3.53. The standard InChI is InChI=1S/C24H25FN2O2.H2O.2H2/c1-17-5-2-3-6-19(17)13-18-8-9-23(20(14-18)16-28)27-12-10-21(15-27)29-24-22(25)7-4-11-26-24;;;/h2-9,11,14,21,28H,10,12-13,15-16H2,1H3;1H2;2*1H/t21-;;;/m0.../s1. The molecular weight excluding hydrogens is 383 g/mol. The molecule has 1 saturated heterocycles. The Morgan fingerprint density at radius 3 is 2.77 bits per heavy atom. The Morgan fingerprint density at radius 2 is 2.00 bits per heavy atom. The van der Waals surface area contributed by atoms with Gasteiger partial charge in [-0.15, -0.1) is 0 Å². The summed E-state index contributed by atoms with van der Waals surface area (Å²) >= 11 is 0. The van der Waals surface area contributed by atoms with E-state index in [1.165, 1.54) is 29.0 Å². The van der Waals surface area contributed by atoms with Crippen LogP contribution in [0, 0.1) is 12.7 Å². The molecule has 1 aliphatic heterocycles. The number of nitrogens with zero attached hydrogens (tertiary/aromatic N) is 2. The van der Waals surface area contributed by atoms with Crippen molar-refractivity contribution in [2.24, 2.45) is 0 Å². The zero-order valence-electron chi connectivity index (χ0n) is 17.0. The van der Waals surface area contributed by atoms with E-state index >= 15 is 0 Å². The fourth-order valence-electron chi connectivity index (χ4n) is 3.87. The van der Waals surface area contributed by atoms with Gasteiger partial charge in [-0.3, -0.25) is 0 Å². The number of benzene rings is 2. The van der Waals surface area contributed by atoms with Crippen molar-refractivity contribution in [3.63, 3.8) is 0 Å². The lowest BCUT2D eigenvalue weighted by molar-refractivity contribution is 0.205. The van der Waals surface area contributed by atoms with Gasteiger partial charge < -0.3 is 20.2 Å². The fourth-order valence-corrected chi connectivity index (χ4v) is 3.87. The number of anilines is 1. The van der Waals surface area contributed by atoms with E-state index in [0.717, 1.165) is 30.6 Å². The number of halogens is 1. The molecule has 0 aliphatic carbocycles. The van der Waals surface area contributed by atoms with Gasteiger partial charge in [0.15, 0.2) is 5.82 Å². The molecule has 1 fully saturated rings. The van der Waals surface area contributed by atoms with Crippen LogP contribution in [0.25, 0.3) is 0 Å². The van der Waals surface area contributed by atoms with Gasteiger partial charge in [-0.1, -0.05) is 36.4 Å². The fraction of sp³-hybridized carbons (Fsp3) is 0.292. The summed E-state index contributed by atoms with van der Waals surface area (Å²) in [7, 11) is 0. The molecule has 162 valence electrons. The Balaban J connectivity index is 0.00000171. The summed E-state index contributed by atoms with van der Waals surface area (Å²) in [6, 6.07) is 17.5. The molecule has 2 aromatic carbocycles. The first kappa shape index (κ1) is 21.7. The molecule has 0 radical (unpaired) electrons. The highest BCUT2D eigenvalue weighted by molar-refractivity contribution is 5.56. The topological polar surface area (TPSA) is 77.1 Å². The van der Waals surface area contributed by atoms with Crippen molar-refractivity contribution in [1.82, 2.24) is 4.98 Å². The highest BCUT2D eigenvalue weighted by atomic mass is 19.1. The van der Waals surface area contributed by atoms with E-state index in [4.69, 9.17) is 4.74 Å². The first-order valence-corrected chi connectivity index (χ1v) is 9.93. The molecule has 1 aromatic heterocycles. The zero-order valence-corrected chi connectivity index (χ0v) is 17.0. The van der Waals surface area contributed by atoms with Crippen LogP contribution in [0.15, 0.2) is 60.8 Å². The van der Waals surface area contributed by atoms with Crippen LogP contribution in [0.5, 0.6) is 5.88 Å². The van der Waals surface area contributed by atoms with Crippen molar-refractivity contribution in [2.45, 2.75) is 32.5 Å². The second kappa shape index (κ2) is 9.69. The second-order valence-electron chi connectivity index (χ2n) is 7.49. The summed E-state index contributed by atoms with van der Waals surface area (Å²) in [4.78, 5) is 6.17. The van der Waals surface area contributed by atoms with Crippen LogP contribution in [-0.2, 0) is 13.0 Å². The van der Waals surface area contributed by atoms with Gasteiger partial charge in [0, 0.05) is 33.3 Å². The van der Waals surface area contributed by atoms with Crippen LogP contribution in [-0.4, -0.2) is 34.8 Å². The minimum atomic E-state index is -0.442. The molecule has 0 saturated carbocycles. The van der Waals surface area contributed by atoms with Gasteiger partial charge in [0.2, 0.25) is 0 Å². The molecule has 1 atom stereocenters. The smallest absolute Gasteiger partial charge is 0.250 e. The molecule has 0 spiro atoms. The van der Waals surface area contributed by atoms with Crippen molar-refractivity contribution in [2.75, 3.05) is 18.0 Å². The number of ether oxygens (including phenoxy) is 1. The van der Waals surface area contributed by atoms with Gasteiger partial charge in [-0.2, -0.15) is 0 Å². The average Bonchev–Trinajstić information content (AvgIpc) is 3.19. The van der Waals surface area contributed by atoms with Crippen LogP contribution in [0.4, 0.5) is 10.1 Å². The predicted molar refractivity (Wildman–Crippen MR) is 120 cm³/mol. The van der Waals surface area contributed by atoms with Gasteiger partial charge >= 0.3 is 0 Å². The molecule has 0 unspecified atom stereocenters. The Morgan fingerprint density at radius 1 is 1.17 bits per heavy atom. The third-order valence-corrected chi connectivity index (χ3v) is 5.46. The van der Waals surface area contributed by atoms with Crippen LogP contribution < -0.4 is 9.64 Å². The highest BCUT2D eigenvalue weighted by Gasteiger charge is 2.26. The average molecular weight is 415 g/mol. The number of pyridine rings is 1. The highest BCUT2D eigenvalue weighted by Crippen LogP contribution is 2.29. The van der Waals surface area contributed by atoms with E-state index in [2.05, 4.69) is 53.2 Å². The van der Waals surface area contributed by atoms with Crippen LogP contribution >= 0.6 is 0 Å². The van der Waals surface area contributed by atoms with E-state index in [-0.39, 0.29) is 26.9 Å². The first-order chi connectivity index (χ1) is 14.1. The first-order valence-electron chi connectivity index (χ1n) is 9.93. The third kappa shape index (κ3) is 4.78. The minimum absolute atomic E-state index is 0. The summed E-state index contributed by atoms with van der Waals surface area (Å²) < 4.78 is 19.6. The Kier molecular flexibility index (Phi) is 7.03. The van der Waals surface area contributed by atoms with Crippen LogP contribution in [0.1, 0.15) is 31.5 Å². The van der Waals surface area contributed by atoms with Crippen molar-refractivity contribution in [3.8, 4) is 5.88 Å². The quantitative estimate of drug-likeness (QED) is 0.663. The molecule has 0 bridgehead atoms. The molecular formula is C24H31FN2O3. The zero-order chi connectivity index (χ0) is 20.2. The van der Waals surface area contributed by atoms with Crippen LogP contribution in [0.3, 0.4) is 0 Å². The third-order valence-electron chi connectivity index (χ3n) is 5.46. The normalized spacial score (nSPS) is 15.7. The van der Waals surface area contributed by atoms with Gasteiger partial charge in [0.05, 0.1) is 13.2 Å². The van der Waals surface area contributed by atoms with Crippen molar-refractivity contribution < 1.29 is 22.6 Å². The Labute approximate surface area is 179 Å². The van der Waals surface area contributed by atoms with Gasteiger partial charge in [-0.25, -0.2) is 9.37 Å². The van der Waals surface area contributed by atoms with E-state index in [0.29, 0.717) is 6.54 Å². The SMILES string of the molecule is Cc1ccccc1Cc1ccc(N2CC[C@H](Oc3ncccc3F)C2)c(CO)c1.O.[HH].[HH]. The molecule has 0 amide bonds. The number of aromatic nitrogens is 1. The van der Waals surface area contributed by atoms with Gasteiger partial charge in [0.1, 0.15) is 6.10 Å². The summed E-state index contributed by atoms with van der Waals surface area (Å²) in [5.74, 6) is -0.391. The lowest BCUT2D eigenvalue weighted by Gasteiger charge is -2.22. The second-order valence-corrected chi connectivity index (χ2v) is 7.49. The molecule has 1 aliphatic rings. The Bertz CT molecular complexity index is 1010. The van der Waals surface area contributed by atoms with Gasteiger partial charge in [-0.05, 0) is 48.2 Å². The molecule has 5 nitrogen and oxygen atoms in total. The maximum atomic E-state index is 13.8. The molecule has 4 rings (SSSR count). The summed E-state index contributed by atoms with van der Waals surface area (Å²) in [5.41, 5.74) is 5.64. The summed E-state index contributed by atoms with van der Waals surface area (Å²) in [6.07, 6.45) is 3.02. The molecule has 30 heavy (non-hydrogen) atoms. The number of aliphatic hydroxyl groups excluding tert-OH is 1. The van der Waals surface area contributed by atoms with Crippen LogP contribution in [0.2, 0.25) is 0 Å². The van der Waals surface area contributed by atoms with Crippen molar-refractivity contribution >= 4 is 5.69 Å². The summed E-state index contributed by atoms with van der Waals surface area (Å²) in [5, 5.41) is 9.94. The number of hydrogen-bond acceptors (Lipinski definition) is 4. The van der Waals surface area contributed by atoms with E-state index < -0.39 is 5.82 Å². The predicted octanol–water partition coefficient (Wildman–Crippen LogP) is 3.94. The Hall–Kier alpha value is -2.96. The van der Waals surface area contributed by atoms with E-state index in [1.54, 1.807) is 6.07 Å². The maximum Gasteiger partial charge on any atom is 0.250 e. The molecule has 2 heterocycles. The van der Waals surface area contributed by atoms with E-state index in [9.17, 15) is 9.50 Å². The number of aryl methyl sites for hydroxylation is 1. The van der Waals surface area contributed by atoms with Gasteiger partial charge in [0.25, 0.3) is 5.88 Å². The van der Waals surface area contributed by atoms with E-state index in [1.807, 2.05) is 6.07 Å². The largest absolute Gasteiger partial charge is 0.470 e. The maximum absolute atomic E-state index is 13.8.